The molecule has 3 saturated heterocycles. The van der Waals surface area contributed by atoms with Crippen LogP contribution in [0.15, 0.2) is 273 Å². The van der Waals surface area contributed by atoms with E-state index in [0.29, 0.717) is 0 Å². The molecule has 0 aliphatic carbocycles. The molecule has 0 spiro atoms. The average Bonchev–Trinajstić information content (AvgIpc) is 1.70. The lowest BCUT2D eigenvalue weighted by atomic mass is 9.95. The molecule has 3 aliphatic heterocycles. The van der Waals surface area contributed by atoms with E-state index >= 15 is 4.39 Å². The third-order valence-electron chi connectivity index (χ3n) is 17.4. The lowest BCUT2D eigenvalue weighted by molar-refractivity contribution is -0.381. The highest BCUT2D eigenvalue weighted by Gasteiger charge is 2.57. The van der Waals surface area contributed by atoms with Crippen LogP contribution in [0, 0.1) is 0 Å². The molecule has 3 fully saturated rings. The van der Waals surface area contributed by atoms with Gasteiger partial charge in [0.1, 0.15) is 74.3 Å². The Balaban J connectivity index is 0.954. The van der Waals surface area contributed by atoms with E-state index in [-0.39, 0.29) is 79.2 Å². The maximum absolute atomic E-state index is 16.3. The zero-order chi connectivity index (χ0) is 66.1. The topological polar surface area (TPSA) is 140 Å². The monoisotopic (exact) mass is 1310 g/mol. The van der Waals surface area contributed by atoms with Crippen LogP contribution in [-0.2, 0) is 121 Å². The Morgan fingerprint density at radius 3 is 1.01 bits per heavy atom. The molecule has 0 N–H and O–H groups in total. The van der Waals surface area contributed by atoms with Gasteiger partial charge in [0.15, 0.2) is 12.6 Å². The summed E-state index contributed by atoms with van der Waals surface area (Å²) in [5.74, 6) is 0. The molecule has 3 heterocycles. The van der Waals surface area contributed by atoms with Gasteiger partial charge in [-0.1, -0.05) is 273 Å². The first-order valence-electron chi connectivity index (χ1n) is 33.3. The second kappa shape index (κ2) is 36.3. The number of likely N-dealkylation sites (tertiary alicyclic amines) is 1. The van der Waals surface area contributed by atoms with Gasteiger partial charge in [-0.3, -0.25) is 4.90 Å². The van der Waals surface area contributed by atoms with Crippen LogP contribution >= 0.6 is 0 Å². The van der Waals surface area contributed by atoms with Crippen LogP contribution in [0.1, 0.15) is 50.1 Å². The van der Waals surface area contributed by atoms with Gasteiger partial charge in [0.25, 0.3) is 0 Å². The number of alkyl halides is 1. The average molecular weight is 1310 g/mol. The molecule has 1 amide bonds. The predicted octanol–water partition coefficient (Wildman–Crippen LogP) is 14.1. The third-order valence-corrected chi connectivity index (χ3v) is 17.4. The Hall–Kier alpha value is -8.30. The molecule has 16 heteroatoms. The van der Waals surface area contributed by atoms with Crippen LogP contribution in [0.5, 0.6) is 0 Å². The summed E-state index contributed by atoms with van der Waals surface area (Å²) in [5.41, 5.74) is 7.95. The summed E-state index contributed by atoms with van der Waals surface area (Å²) < 4.78 is 108. The van der Waals surface area contributed by atoms with Crippen LogP contribution in [-0.4, -0.2) is 117 Å². The summed E-state index contributed by atoms with van der Waals surface area (Å²) in [5, 5.41) is 0. The number of rotatable bonds is 33. The second-order valence-corrected chi connectivity index (χ2v) is 24.3. The van der Waals surface area contributed by atoms with Crippen molar-refractivity contribution in [3.63, 3.8) is 0 Å². The van der Waals surface area contributed by atoms with E-state index in [4.69, 9.17) is 61.6 Å². The minimum Gasteiger partial charge on any atom is -0.445 e. The summed E-state index contributed by atoms with van der Waals surface area (Å²) in [7, 11) is 0. The summed E-state index contributed by atoms with van der Waals surface area (Å²) in [6, 6.07) is 87.1. The molecule has 9 aromatic rings. The number of nitrogens with zero attached hydrogens (tertiary/aromatic N) is 1. The zero-order valence-electron chi connectivity index (χ0n) is 54.2. The first-order chi connectivity index (χ1) is 48.0. The van der Waals surface area contributed by atoms with Crippen molar-refractivity contribution in [1.29, 1.82) is 0 Å². The first-order valence-corrected chi connectivity index (χ1v) is 33.3. The van der Waals surface area contributed by atoms with Crippen molar-refractivity contribution in [2.75, 3.05) is 26.4 Å². The van der Waals surface area contributed by atoms with Crippen molar-refractivity contribution in [3.05, 3.63) is 323 Å². The van der Waals surface area contributed by atoms with Gasteiger partial charge in [0.05, 0.1) is 78.7 Å². The van der Waals surface area contributed by atoms with E-state index in [9.17, 15) is 4.79 Å². The van der Waals surface area contributed by atoms with Crippen molar-refractivity contribution < 1.29 is 70.8 Å². The smallest absolute Gasteiger partial charge is 0.410 e. The Morgan fingerprint density at radius 1 is 0.330 bits per heavy atom. The first kappa shape index (κ1) is 68.6. The molecule has 0 bridgehead atoms. The molecule has 504 valence electrons. The maximum atomic E-state index is 16.3. The number of ether oxygens (including phenoxy) is 13. The van der Waals surface area contributed by atoms with E-state index in [2.05, 4.69) is 0 Å². The van der Waals surface area contributed by atoms with Gasteiger partial charge in [0.2, 0.25) is 0 Å². The van der Waals surface area contributed by atoms with Crippen LogP contribution in [0.2, 0.25) is 0 Å². The zero-order valence-corrected chi connectivity index (χ0v) is 54.2. The SMILES string of the molecule is O=C(OCc1ccccc1)N1C[C@@H](OCc2ccccc2)[C@H](O[C@H]2O[C@H](COCc3ccccc3)[C@@H](O[C@@H]3O[C@H](CF)[C@@H](OCc4ccccc4)[C@H](OCc4ccccc4)[C@H]3OCc3ccccc3)[C@H](OCc3ccccc3)[C@H]2OCc2ccccc2)[C@H]1COCc1ccccc1. The van der Waals surface area contributed by atoms with Crippen molar-refractivity contribution in [3.8, 4) is 0 Å². The van der Waals surface area contributed by atoms with Crippen LogP contribution in [0.25, 0.3) is 0 Å². The maximum Gasteiger partial charge on any atom is 0.410 e. The van der Waals surface area contributed by atoms with E-state index in [1.165, 1.54) is 0 Å². The van der Waals surface area contributed by atoms with Crippen molar-refractivity contribution in [1.82, 2.24) is 4.90 Å². The fourth-order valence-corrected chi connectivity index (χ4v) is 12.4. The Morgan fingerprint density at radius 2 is 0.629 bits per heavy atom. The molecule has 97 heavy (non-hydrogen) atoms. The van der Waals surface area contributed by atoms with Gasteiger partial charge in [-0.15, -0.1) is 0 Å². The summed E-state index contributed by atoms with van der Waals surface area (Å²) in [6.07, 6.45) is -13.6. The van der Waals surface area contributed by atoms with E-state index in [1.54, 1.807) is 4.90 Å². The lowest BCUT2D eigenvalue weighted by Gasteiger charge is -2.50. The van der Waals surface area contributed by atoms with E-state index < -0.39 is 92.4 Å². The largest absolute Gasteiger partial charge is 0.445 e. The highest BCUT2D eigenvalue weighted by atomic mass is 19.1. The number of amides is 1. The van der Waals surface area contributed by atoms with Crippen LogP contribution in [0.4, 0.5) is 9.18 Å². The van der Waals surface area contributed by atoms with Gasteiger partial charge in [-0.05, 0) is 50.1 Å². The molecule has 0 saturated carbocycles. The minimum absolute atomic E-state index is 0.0133. The highest BCUT2D eigenvalue weighted by molar-refractivity contribution is 5.69. The predicted molar refractivity (Wildman–Crippen MR) is 362 cm³/mol. The summed E-state index contributed by atoms with van der Waals surface area (Å²) in [6.45, 7) is 0.207. The number of hydrogen-bond donors (Lipinski definition) is 0. The van der Waals surface area contributed by atoms with Crippen molar-refractivity contribution in [2.45, 2.75) is 139 Å². The molecule has 3 aliphatic rings. The summed E-state index contributed by atoms with van der Waals surface area (Å²) >= 11 is 0. The molecule has 0 unspecified atom stereocenters. The van der Waals surface area contributed by atoms with Gasteiger partial charge in [0, 0.05) is 0 Å². The fraction of sp³-hybridized carbons (Fsp3) is 0.321. The van der Waals surface area contributed by atoms with E-state index in [1.807, 2.05) is 273 Å². The molecule has 15 nitrogen and oxygen atoms in total. The Labute approximate surface area is 567 Å². The van der Waals surface area contributed by atoms with Gasteiger partial charge < -0.3 is 61.6 Å². The lowest BCUT2D eigenvalue weighted by Crippen LogP contribution is -2.66. The van der Waals surface area contributed by atoms with E-state index in [0.717, 1.165) is 50.1 Å². The molecule has 12 rings (SSSR count). The Kier molecular flexibility index (Phi) is 25.7. The van der Waals surface area contributed by atoms with Crippen molar-refractivity contribution in [2.24, 2.45) is 0 Å². The quantitative estimate of drug-likeness (QED) is 0.0385. The fourth-order valence-electron chi connectivity index (χ4n) is 12.4. The second-order valence-electron chi connectivity index (χ2n) is 24.3. The van der Waals surface area contributed by atoms with Gasteiger partial charge in [-0.25, -0.2) is 9.18 Å². The molecule has 0 radical (unpaired) electrons. The number of benzene rings is 9. The van der Waals surface area contributed by atoms with Crippen molar-refractivity contribution >= 4 is 6.09 Å². The van der Waals surface area contributed by atoms with Crippen LogP contribution < -0.4 is 0 Å². The normalized spacial score (nSPS) is 24.0. The molecule has 9 aromatic carbocycles. The van der Waals surface area contributed by atoms with Crippen LogP contribution in [0.3, 0.4) is 0 Å². The molecule has 0 aromatic heterocycles. The number of carbonyl (C=O) groups excluding carboxylic acids is 1. The standard InChI is InChI=1S/C81H84FNO14/c82-46-69-73(88-51-62-34-16-4-17-35-62)75(89-52-63-36-18-5-19-37-63)77(91-54-65-40-22-7-23-41-65)79(94-69)97-74-71(58-86-49-60-30-12-2-13-31-60)95-80(78(92-55-66-42-24-8-25-43-66)76(74)90-53-64-38-20-6-21-39-64)96-72-68(57-85-48-59-28-10-1-11-29-59)83(81(84)93-56-67-44-26-9-27-45-67)47-70(72)87-50-61-32-14-3-15-33-61/h1-45,68-80H,46-58H2/t68-,69-,70-,71-,72-,73-,74-,75+,76+,77-,78-,79+,80-/m1/s1. The molecular formula is C81H84FNO14. The molecular weight excluding hydrogens is 1230 g/mol. The number of hydrogen-bond acceptors (Lipinski definition) is 14. The number of halogens is 1. The van der Waals surface area contributed by atoms with Gasteiger partial charge >= 0.3 is 6.09 Å². The highest BCUT2D eigenvalue weighted by Crippen LogP contribution is 2.39. The van der Waals surface area contributed by atoms with Gasteiger partial charge in [-0.2, -0.15) is 0 Å². The Bertz CT molecular complexity index is 3660. The summed E-state index contributed by atoms with van der Waals surface area (Å²) in [4.78, 5) is 16.5. The third kappa shape index (κ3) is 19.7. The number of carbonyl (C=O) groups is 1. The minimum atomic E-state index is -1.37. The molecule has 13 atom stereocenters.